The van der Waals surface area contributed by atoms with Crippen molar-refractivity contribution >= 4 is 29.2 Å². The summed E-state index contributed by atoms with van der Waals surface area (Å²) in [6, 6.07) is 17.8. The summed E-state index contributed by atoms with van der Waals surface area (Å²) in [7, 11) is 0. The van der Waals surface area contributed by atoms with E-state index in [4.69, 9.17) is 0 Å². The number of hydrogen-bond acceptors (Lipinski definition) is 3. The Balaban J connectivity index is 2.08. The van der Waals surface area contributed by atoms with E-state index in [1.54, 1.807) is 24.3 Å². The lowest BCUT2D eigenvalue weighted by Gasteiger charge is -2.34. The molecule has 0 fully saturated rings. The molecule has 0 aliphatic carbocycles. The van der Waals surface area contributed by atoms with E-state index in [2.05, 4.69) is 16.0 Å². The first-order chi connectivity index (χ1) is 17.5. The minimum Gasteiger partial charge on any atom is -0.349 e. The van der Waals surface area contributed by atoms with Gasteiger partial charge in [-0.25, -0.2) is 9.18 Å². The first-order valence-corrected chi connectivity index (χ1v) is 12.1. The molecule has 0 aromatic heterocycles. The van der Waals surface area contributed by atoms with Crippen molar-refractivity contribution in [1.82, 2.24) is 10.6 Å². The van der Waals surface area contributed by atoms with Gasteiger partial charge in [-0.2, -0.15) is 0 Å². The molecule has 8 heteroatoms. The van der Waals surface area contributed by atoms with Crippen LogP contribution in [0.3, 0.4) is 0 Å². The highest BCUT2D eigenvalue weighted by atomic mass is 19.1. The molecule has 0 aliphatic rings. The van der Waals surface area contributed by atoms with E-state index in [1.807, 2.05) is 58.9 Å². The van der Waals surface area contributed by atoms with Crippen molar-refractivity contribution in [2.45, 2.75) is 46.2 Å². The number of carbonyl (C=O) groups excluding carboxylic acids is 3. The predicted octanol–water partition coefficient (Wildman–Crippen LogP) is 5.58. The van der Waals surface area contributed by atoms with Crippen LogP contribution in [0.4, 0.5) is 20.6 Å². The Kier molecular flexibility index (Phi) is 8.65. The second kappa shape index (κ2) is 11.7. The minimum absolute atomic E-state index is 0.298. The van der Waals surface area contributed by atoms with Crippen LogP contribution in [0.1, 0.15) is 55.2 Å². The van der Waals surface area contributed by atoms with Crippen molar-refractivity contribution in [1.29, 1.82) is 0 Å². The summed E-state index contributed by atoms with van der Waals surface area (Å²) < 4.78 is 13.8. The molecule has 0 saturated heterocycles. The Bertz CT molecular complexity index is 1230. The maximum absolute atomic E-state index is 14.0. The fourth-order valence-corrected chi connectivity index (χ4v) is 3.76. The summed E-state index contributed by atoms with van der Waals surface area (Å²) in [4.78, 5) is 40.8. The first-order valence-electron chi connectivity index (χ1n) is 12.1. The summed E-state index contributed by atoms with van der Waals surface area (Å²) in [5, 5.41) is 8.32. The Hall–Kier alpha value is -4.20. The molecule has 3 aromatic rings. The maximum atomic E-state index is 14.0. The fraction of sp³-hybridized carbons (Fsp3) is 0.276. The lowest BCUT2D eigenvalue weighted by Crippen LogP contribution is -2.49. The molecule has 0 unspecified atom stereocenters. The highest BCUT2D eigenvalue weighted by Crippen LogP contribution is 2.31. The molecule has 3 N–H and O–H groups in total. The third-order valence-electron chi connectivity index (χ3n) is 5.45. The predicted molar refractivity (Wildman–Crippen MR) is 144 cm³/mol. The van der Waals surface area contributed by atoms with Crippen molar-refractivity contribution in [2.75, 3.05) is 16.8 Å². The smallest absolute Gasteiger partial charge is 0.319 e. The van der Waals surface area contributed by atoms with Gasteiger partial charge in [0.15, 0.2) is 0 Å². The highest BCUT2D eigenvalue weighted by molar-refractivity contribution is 6.10. The van der Waals surface area contributed by atoms with Crippen LogP contribution in [-0.4, -0.2) is 29.9 Å². The molecule has 0 radical (unpaired) electrons. The molecular weight excluding hydrogens is 471 g/mol. The molecule has 3 aromatic carbocycles. The van der Waals surface area contributed by atoms with E-state index < -0.39 is 23.3 Å². The number of rotatable bonds is 7. The largest absolute Gasteiger partial charge is 0.349 e. The average Bonchev–Trinajstić information content (AvgIpc) is 2.83. The molecule has 194 valence electrons. The van der Waals surface area contributed by atoms with Gasteiger partial charge in [-0.3, -0.25) is 14.5 Å². The monoisotopic (exact) mass is 504 g/mol. The Labute approximate surface area is 217 Å². The molecule has 3 rings (SSSR count). The number of hydrogen-bond donors (Lipinski definition) is 3. The van der Waals surface area contributed by atoms with E-state index >= 15 is 0 Å². The highest BCUT2D eigenvalue weighted by Gasteiger charge is 2.35. The van der Waals surface area contributed by atoms with E-state index in [-0.39, 0.29) is 11.9 Å². The Morgan fingerprint density at radius 3 is 2.03 bits per heavy atom. The second-order valence-corrected chi connectivity index (χ2v) is 9.77. The van der Waals surface area contributed by atoms with Gasteiger partial charge in [-0.15, -0.1) is 0 Å². The number of nitrogens with one attached hydrogen (secondary N) is 3. The second-order valence-electron chi connectivity index (χ2n) is 9.77. The van der Waals surface area contributed by atoms with E-state index in [1.165, 1.54) is 29.2 Å². The van der Waals surface area contributed by atoms with Crippen LogP contribution in [0.15, 0.2) is 72.8 Å². The van der Waals surface area contributed by atoms with E-state index in [0.29, 0.717) is 29.0 Å². The summed E-state index contributed by atoms with van der Waals surface area (Å²) in [6.45, 7) is 9.82. The fourth-order valence-electron chi connectivity index (χ4n) is 3.76. The van der Waals surface area contributed by atoms with Crippen molar-refractivity contribution in [3.05, 3.63) is 95.3 Å². The lowest BCUT2D eigenvalue weighted by atomic mass is 9.99. The zero-order valence-corrected chi connectivity index (χ0v) is 21.8. The number of aryl methyl sites for hydroxylation is 1. The summed E-state index contributed by atoms with van der Waals surface area (Å²) in [5.74, 6) is -1.28. The zero-order chi connectivity index (χ0) is 27.2. The van der Waals surface area contributed by atoms with Gasteiger partial charge < -0.3 is 16.0 Å². The van der Waals surface area contributed by atoms with Gasteiger partial charge in [0, 0.05) is 29.0 Å². The third-order valence-corrected chi connectivity index (χ3v) is 5.45. The van der Waals surface area contributed by atoms with E-state index in [0.717, 1.165) is 5.56 Å². The number of benzene rings is 3. The number of carbonyl (C=O) groups is 3. The SMILES string of the molecule is CCNC(=O)Nc1ccc(C(=O)N(c2ccc(F)cc2)[C@@H](C(=O)NC(C)(C)C)c2ccc(C)cc2)cc1. The van der Waals surface area contributed by atoms with Gasteiger partial charge >= 0.3 is 6.03 Å². The van der Waals surface area contributed by atoms with Crippen molar-refractivity contribution in [3.8, 4) is 0 Å². The van der Waals surface area contributed by atoms with Crippen LogP contribution < -0.4 is 20.9 Å². The molecular formula is C29H33FN4O3. The number of urea groups is 1. The molecule has 0 saturated carbocycles. The van der Waals surface area contributed by atoms with Crippen LogP contribution in [0.2, 0.25) is 0 Å². The van der Waals surface area contributed by atoms with Crippen LogP contribution in [0, 0.1) is 12.7 Å². The maximum Gasteiger partial charge on any atom is 0.319 e. The topological polar surface area (TPSA) is 90.5 Å². The van der Waals surface area contributed by atoms with Crippen LogP contribution in [-0.2, 0) is 4.79 Å². The third kappa shape index (κ3) is 7.39. The molecule has 4 amide bonds. The summed E-state index contributed by atoms with van der Waals surface area (Å²) in [5.41, 5.74) is 2.24. The summed E-state index contributed by atoms with van der Waals surface area (Å²) >= 11 is 0. The lowest BCUT2D eigenvalue weighted by molar-refractivity contribution is -0.123. The average molecular weight is 505 g/mol. The zero-order valence-electron chi connectivity index (χ0n) is 21.8. The van der Waals surface area contributed by atoms with Crippen LogP contribution >= 0.6 is 0 Å². The van der Waals surface area contributed by atoms with Gasteiger partial charge in [-0.05, 0) is 88.7 Å². The molecule has 0 aliphatic heterocycles. The van der Waals surface area contributed by atoms with Crippen molar-refractivity contribution < 1.29 is 18.8 Å². The first kappa shape index (κ1) is 27.4. The molecule has 1 atom stereocenters. The molecule has 0 spiro atoms. The normalized spacial score (nSPS) is 11.8. The van der Waals surface area contributed by atoms with E-state index in [9.17, 15) is 18.8 Å². The molecule has 0 heterocycles. The standard InChI is InChI=1S/C29H33FN4O3/c1-6-31-28(37)32-23-15-11-21(12-16-23)27(36)34(24-17-13-22(30)14-18-24)25(26(35)33-29(3,4)5)20-9-7-19(2)8-10-20/h7-18,25H,6H2,1-5H3,(H,33,35)(H2,31,32,37)/t25-/m1/s1. The molecule has 37 heavy (non-hydrogen) atoms. The van der Waals surface area contributed by atoms with Crippen molar-refractivity contribution in [3.63, 3.8) is 0 Å². The minimum atomic E-state index is -1.02. The Morgan fingerprint density at radius 2 is 1.49 bits per heavy atom. The van der Waals surface area contributed by atoms with Gasteiger partial charge in [0.1, 0.15) is 11.9 Å². The quantitative estimate of drug-likeness (QED) is 0.392. The van der Waals surface area contributed by atoms with Gasteiger partial charge in [-0.1, -0.05) is 29.8 Å². The van der Waals surface area contributed by atoms with Gasteiger partial charge in [0.25, 0.3) is 5.91 Å². The van der Waals surface area contributed by atoms with Crippen LogP contribution in [0.25, 0.3) is 0 Å². The number of nitrogens with zero attached hydrogens (tertiary/aromatic N) is 1. The van der Waals surface area contributed by atoms with Crippen molar-refractivity contribution in [2.24, 2.45) is 0 Å². The number of halogens is 1. The summed E-state index contributed by atoms with van der Waals surface area (Å²) in [6.07, 6.45) is 0. The van der Waals surface area contributed by atoms with Gasteiger partial charge in [0.2, 0.25) is 5.91 Å². The molecule has 0 bridgehead atoms. The number of anilines is 2. The van der Waals surface area contributed by atoms with Crippen LogP contribution in [0.5, 0.6) is 0 Å². The molecule has 7 nitrogen and oxygen atoms in total. The Morgan fingerprint density at radius 1 is 0.892 bits per heavy atom. The number of amides is 4. The van der Waals surface area contributed by atoms with Gasteiger partial charge in [0.05, 0.1) is 0 Å².